The summed E-state index contributed by atoms with van der Waals surface area (Å²) in [5, 5.41) is -0.256. The summed E-state index contributed by atoms with van der Waals surface area (Å²) in [5.74, 6) is 1.41. The molecule has 1 aromatic carbocycles. The van der Waals surface area contributed by atoms with E-state index in [4.69, 9.17) is 20.4 Å². The lowest BCUT2D eigenvalue weighted by atomic mass is 10.2. The van der Waals surface area contributed by atoms with Crippen molar-refractivity contribution in [1.29, 1.82) is 0 Å². The van der Waals surface area contributed by atoms with Crippen molar-refractivity contribution in [2.45, 2.75) is 18.7 Å². The topological polar surface area (TPSA) is 39.2 Å². The maximum Gasteiger partial charge on any atom is 0.197 e. The minimum absolute atomic E-state index is 0.256. The first-order valence-electron chi connectivity index (χ1n) is 5.76. The molecule has 0 bridgehead atoms. The highest BCUT2D eigenvalue weighted by molar-refractivity contribution is 6.20. The third-order valence-corrected chi connectivity index (χ3v) is 3.23. The van der Waals surface area contributed by atoms with Gasteiger partial charge in [0.15, 0.2) is 11.5 Å². The second-order valence-electron chi connectivity index (χ2n) is 4.21. The summed E-state index contributed by atoms with van der Waals surface area (Å²) in [4.78, 5) is 4.40. The predicted molar refractivity (Wildman–Crippen MR) is 69.8 cm³/mol. The van der Waals surface area contributed by atoms with Crippen LogP contribution in [0, 0.1) is 6.92 Å². The molecule has 92 valence electrons. The van der Waals surface area contributed by atoms with Crippen molar-refractivity contribution in [2.24, 2.45) is 0 Å². The lowest BCUT2D eigenvalue weighted by Gasteiger charge is -2.04. The Bertz CT molecular complexity index is 638. The Morgan fingerprint density at radius 2 is 2.11 bits per heavy atom. The molecule has 0 fully saturated rings. The fraction of sp³-hybridized carbons (Fsp3) is 0.214. The normalized spacial score (nSPS) is 13.0. The van der Waals surface area contributed by atoms with Crippen LogP contribution in [0.4, 0.5) is 0 Å². The van der Waals surface area contributed by atoms with Crippen LogP contribution in [0.1, 0.15) is 22.6 Å². The van der Waals surface area contributed by atoms with Crippen LogP contribution in [-0.4, -0.2) is 4.98 Å². The minimum Gasteiger partial charge on any atom is -0.467 e. The number of para-hydroxylation sites is 2. The standard InChI is InChI=1S/C14H12ClNO2/c1-9-6-7-17-14(9)10(15)8-13-16-11-4-2-3-5-12(11)18-13/h2-7,10H,8H2,1H3. The number of nitrogens with zero attached hydrogens (tertiary/aromatic N) is 1. The zero-order valence-corrected chi connectivity index (χ0v) is 10.6. The molecule has 1 atom stereocenters. The van der Waals surface area contributed by atoms with E-state index in [0.717, 1.165) is 22.4 Å². The van der Waals surface area contributed by atoms with Gasteiger partial charge in [-0.25, -0.2) is 4.98 Å². The number of fused-ring (bicyclic) bond motifs is 1. The van der Waals surface area contributed by atoms with E-state index in [-0.39, 0.29) is 5.38 Å². The van der Waals surface area contributed by atoms with Gasteiger partial charge in [-0.05, 0) is 30.7 Å². The molecule has 0 aliphatic carbocycles. The molecule has 2 heterocycles. The number of aryl methyl sites for hydroxylation is 1. The van der Waals surface area contributed by atoms with Crippen LogP contribution in [0.5, 0.6) is 0 Å². The van der Waals surface area contributed by atoms with Crippen LogP contribution in [0.2, 0.25) is 0 Å². The first-order chi connectivity index (χ1) is 8.74. The first kappa shape index (κ1) is 11.4. The molecule has 0 saturated heterocycles. The maximum absolute atomic E-state index is 6.32. The fourth-order valence-electron chi connectivity index (χ4n) is 1.96. The number of furan rings is 1. The van der Waals surface area contributed by atoms with Crippen molar-refractivity contribution in [3.8, 4) is 0 Å². The molecule has 0 N–H and O–H groups in total. The van der Waals surface area contributed by atoms with Crippen LogP contribution in [0.25, 0.3) is 11.1 Å². The molecule has 0 saturated carbocycles. The number of halogens is 1. The van der Waals surface area contributed by atoms with Crippen molar-refractivity contribution in [3.05, 3.63) is 53.8 Å². The highest BCUT2D eigenvalue weighted by Crippen LogP contribution is 2.29. The fourth-order valence-corrected chi connectivity index (χ4v) is 2.31. The largest absolute Gasteiger partial charge is 0.467 e. The van der Waals surface area contributed by atoms with Crippen molar-refractivity contribution in [1.82, 2.24) is 4.98 Å². The van der Waals surface area contributed by atoms with Gasteiger partial charge >= 0.3 is 0 Å². The molecule has 4 heteroatoms. The van der Waals surface area contributed by atoms with Crippen LogP contribution in [-0.2, 0) is 6.42 Å². The molecule has 0 spiro atoms. The van der Waals surface area contributed by atoms with Gasteiger partial charge in [-0.3, -0.25) is 0 Å². The molecule has 0 amide bonds. The van der Waals surface area contributed by atoms with Crippen molar-refractivity contribution in [2.75, 3.05) is 0 Å². The number of hydrogen-bond donors (Lipinski definition) is 0. The van der Waals surface area contributed by atoms with Crippen molar-refractivity contribution < 1.29 is 8.83 Å². The second kappa shape index (κ2) is 4.50. The summed E-state index contributed by atoms with van der Waals surface area (Å²) in [5.41, 5.74) is 2.69. The van der Waals surface area contributed by atoms with Gasteiger partial charge in [-0.1, -0.05) is 12.1 Å². The molecule has 3 aromatic rings. The second-order valence-corrected chi connectivity index (χ2v) is 4.74. The summed E-state index contributed by atoms with van der Waals surface area (Å²) in [6.45, 7) is 1.97. The molecule has 0 aliphatic rings. The van der Waals surface area contributed by atoms with Gasteiger partial charge in [0.2, 0.25) is 0 Å². The number of aromatic nitrogens is 1. The Morgan fingerprint density at radius 1 is 1.28 bits per heavy atom. The number of alkyl halides is 1. The number of hydrogen-bond acceptors (Lipinski definition) is 3. The van der Waals surface area contributed by atoms with Crippen molar-refractivity contribution in [3.63, 3.8) is 0 Å². The van der Waals surface area contributed by atoms with E-state index in [1.54, 1.807) is 6.26 Å². The lowest BCUT2D eigenvalue weighted by molar-refractivity contribution is 0.471. The van der Waals surface area contributed by atoms with Gasteiger partial charge in [-0.15, -0.1) is 11.6 Å². The van der Waals surface area contributed by atoms with Crippen LogP contribution >= 0.6 is 11.6 Å². The van der Waals surface area contributed by atoms with E-state index in [9.17, 15) is 0 Å². The van der Waals surface area contributed by atoms with E-state index in [2.05, 4.69) is 4.98 Å². The van der Waals surface area contributed by atoms with Gasteiger partial charge < -0.3 is 8.83 Å². The van der Waals surface area contributed by atoms with Crippen LogP contribution < -0.4 is 0 Å². The summed E-state index contributed by atoms with van der Waals surface area (Å²) < 4.78 is 11.0. The summed E-state index contributed by atoms with van der Waals surface area (Å²) >= 11 is 6.32. The molecule has 2 aromatic heterocycles. The molecule has 1 unspecified atom stereocenters. The third kappa shape index (κ3) is 2.02. The van der Waals surface area contributed by atoms with Gasteiger partial charge in [0.25, 0.3) is 0 Å². The quantitative estimate of drug-likeness (QED) is 0.662. The minimum atomic E-state index is -0.256. The molecule has 3 rings (SSSR count). The number of rotatable bonds is 3. The van der Waals surface area contributed by atoms with Crippen LogP contribution in [0.3, 0.4) is 0 Å². The Labute approximate surface area is 109 Å². The van der Waals surface area contributed by atoms with Gasteiger partial charge in [0.1, 0.15) is 16.7 Å². The molecule has 0 radical (unpaired) electrons. The van der Waals surface area contributed by atoms with Crippen LogP contribution in [0.15, 0.2) is 45.4 Å². The van der Waals surface area contributed by atoms with Gasteiger partial charge in [-0.2, -0.15) is 0 Å². The smallest absolute Gasteiger partial charge is 0.197 e. The zero-order chi connectivity index (χ0) is 12.5. The third-order valence-electron chi connectivity index (χ3n) is 2.88. The predicted octanol–water partition coefficient (Wildman–Crippen LogP) is 4.25. The summed E-state index contributed by atoms with van der Waals surface area (Å²) in [7, 11) is 0. The van der Waals surface area contributed by atoms with E-state index in [1.165, 1.54) is 0 Å². The summed E-state index contributed by atoms with van der Waals surface area (Å²) in [6.07, 6.45) is 2.16. The highest BCUT2D eigenvalue weighted by atomic mass is 35.5. The Kier molecular flexibility index (Phi) is 2.84. The SMILES string of the molecule is Cc1ccoc1C(Cl)Cc1nc2ccccc2o1. The Hall–Kier alpha value is -1.74. The zero-order valence-electron chi connectivity index (χ0n) is 9.89. The number of benzene rings is 1. The Morgan fingerprint density at radius 3 is 2.83 bits per heavy atom. The van der Waals surface area contributed by atoms with Gasteiger partial charge in [0.05, 0.1) is 6.26 Å². The molecule has 18 heavy (non-hydrogen) atoms. The first-order valence-corrected chi connectivity index (χ1v) is 6.20. The molecular weight excluding hydrogens is 250 g/mol. The van der Waals surface area contributed by atoms with E-state index in [0.29, 0.717) is 12.3 Å². The Balaban J connectivity index is 1.86. The lowest BCUT2D eigenvalue weighted by Crippen LogP contribution is -1.96. The van der Waals surface area contributed by atoms with E-state index in [1.807, 2.05) is 37.3 Å². The van der Waals surface area contributed by atoms with E-state index >= 15 is 0 Å². The average molecular weight is 262 g/mol. The molecule has 3 nitrogen and oxygen atoms in total. The maximum atomic E-state index is 6.32. The molecular formula is C14H12ClNO2. The van der Waals surface area contributed by atoms with E-state index < -0.39 is 0 Å². The monoisotopic (exact) mass is 261 g/mol. The van der Waals surface area contributed by atoms with Crippen molar-refractivity contribution >= 4 is 22.7 Å². The molecule has 0 aliphatic heterocycles. The summed E-state index contributed by atoms with van der Waals surface area (Å²) in [6, 6.07) is 9.57. The number of oxazole rings is 1. The average Bonchev–Trinajstić information content (AvgIpc) is 2.94. The van der Waals surface area contributed by atoms with Gasteiger partial charge in [0, 0.05) is 6.42 Å². The highest BCUT2D eigenvalue weighted by Gasteiger charge is 2.18.